The Bertz CT molecular complexity index is 340. The summed E-state index contributed by atoms with van der Waals surface area (Å²) in [5.74, 6) is -3.03. The van der Waals surface area contributed by atoms with Crippen molar-refractivity contribution in [3.05, 3.63) is 0 Å². The molecule has 17 heavy (non-hydrogen) atoms. The molecule has 0 aromatic heterocycles. The van der Waals surface area contributed by atoms with Gasteiger partial charge < -0.3 is 5.11 Å². The Morgan fingerprint density at radius 2 is 1.76 bits per heavy atom. The Balaban J connectivity index is -0.000000980. The summed E-state index contributed by atoms with van der Waals surface area (Å²) in [4.78, 5) is 29.2. The van der Waals surface area contributed by atoms with Crippen LogP contribution in [0.15, 0.2) is 0 Å². The standard InChI is InChI=1S/C6H10O8S.2Na.2H/c1-2-13-14-6(9)4(3-5(7)8)15(10,11)12;;;;/h4H,2-3H2,1H3,(H,7,8)(H,10,11,12);;;;. The van der Waals surface area contributed by atoms with Gasteiger partial charge in [0.15, 0.2) is 5.25 Å². The Kier molecular flexibility index (Phi) is 14.5. The van der Waals surface area contributed by atoms with Crippen LogP contribution in [-0.4, -0.2) is 101 Å². The third-order valence-corrected chi connectivity index (χ3v) is 2.32. The van der Waals surface area contributed by atoms with Crippen molar-refractivity contribution in [2.75, 3.05) is 6.61 Å². The van der Waals surface area contributed by atoms with E-state index in [1.165, 1.54) is 6.92 Å². The van der Waals surface area contributed by atoms with E-state index in [2.05, 4.69) is 9.78 Å². The van der Waals surface area contributed by atoms with Gasteiger partial charge in [-0.1, -0.05) is 0 Å². The molecule has 0 heterocycles. The molecular weight excluding hydrogens is 278 g/mol. The van der Waals surface area contributed by atoms with Crippen molar-refractivity contribution in [1.29, 1.82) is 0 Å². The summed E-state index contributed by atoms with van der Waals surface area (Å²) in [7, 11) is -4.83. The second-order valence-corrected chi connectivity index (χ2v) is 4.01. The summed E-state index contributed by atoms with van der Waals surface area (Å²) in [6, 6.07) is 0. The average Bonchev–Trinajstić information content (AvgIpc) is 2.08. The van der Waals surface area contributed by atoms with Crippen molar-refractivity contribution >= 4 is 81.2 Å². The van der Waals surface area contributed by atoms with Crippen LogP contribution in [0.2, 0.25) is 0 Å². The van der Waals surface area contributed by atoms with E-state index < -0.39 is 33.7 Å². The first-order chi connectivity index (χ1) is 6.79. The van der Waals surface area contributed by atoms with Crippen LogP contribution in [0, 0.1) is 0 Å². The fourth-order valence-electron chi connectivity index (χ4n) is 0.640. The van der Waals surface area contributed by atoms with Gasteiger partial charge >= 0.3 is 71.1 Å². The fourth-order valence-corrected chi connectivity index (χ4v) is 1.28. The third-order valence-electron chi connectivity index (χ3n) is 1.24. The Labute approximate surface area is 142 Å². The van der Waals surface area contributed by atoms with Gasteiger partial charge in [0.25, 0.3) is 10.1 Å². The van der Waals surface area contributed by atoms with Crippen LogP contribution in [0.1, 0.15) is 13.3 Å². The fraction of sp³-hybridized carbons (Fsp3) is 0.667. The molecule has 0 aliphatic heterocycles. The van der Waals surface area contributed by atoms with Crippen LogP contribution in [-0.2, 0) is 29.5 Å². The first-order valence-corrected chi connectivity index (χ1v) is 5.30. The number of carboxylic acid groups (broad SMARTS) is 1. The number of carbonyl (C=O) groups excluding carboxylic acids is 1. The van der Waals surface area contributed by atoms with Gasteiger partial charge in [-0.15, -0.1) is 0 Å². The summed E-state index contributed by atoms with van der Waals surface area (Å²) in [5, 5.41) is 6.12. The van der Waals surface area contributed by atoms with E-state index in [0.29, 0.717) is 0 Å². The number of carbonyl (C=O) groups is 2. The molecule has 0 saturated carbocycles. The van der Waals surface area contributed by atoms with E-state index in [0.717, 1.165) is 0 Å². The van der Waals surface area contributed by atoms with Crippen LogP contribution in [0.4, 0.5) is 0 Å². The molecule has 0 aromatic carbocycles. The number of hydrogen-bond donors (Lipinski definition) is 2. The van der Waals surface area contributed by atoms with E-state index >= 15 is 0 Å². The Morgan fingerprint density at radius 3 is 2.06 bits per heavy atom. The molecular formula is C6H12Na2O8S. The van der Waals surface area contributed by atoms with Gasteiger partial charge in [0, 0.05) is 0 Å². The van der Waals surface area contributed by atoms with Crippen molar-refractivity contribution < 1.29 is 37.4 Å². The molecule has 0 amide bonds. The summed E-state index contributed by atoms with van der Waals surface area (Å²) in [6.45, 7) is 1.43. The zero-order valence-electron chi connectivity index (χ0n) is 7.74. The monoisotopic (exact) mass is 290 g/mol. The van der Waals surface area contributed by atoms with Gasteiger partial charge in [0.2, 0.25) is 0 Å². The topological polar surface area (TPSA) is 127 Å². The van der Waals surface area contributed by atoms with E-state index in [9.17, 15) is 18.0 Å². The molecule has 1 unspecified atom stereocenters. The molecule has 2 N–H and O–H groups in total. The Hall–Kier alpha value is 0.810. The van der Waals surface area contributed by atoms with Gasteiger partial charge in [-0.2, -0.15) is 13.3 Å². The molecule has 0 rings (SSSR count). The maximum atomic E-state index is 10.9. The molecule has 0 spiro atoms. The predicted octanol–water partition coefficient (Wildman–Crippen LogP) is -2.08. The molecule has 0 fully saturated rings. The normalized spacial score (nSPS) is 11.6. The minimum absolute atomic E-state index is 0. The molecule has 0 aliphatic rings. The number of rotatable bonds is 6. The molecule has 0 aromatic rings. The van der Waals surface area contributed by atoms with Crippen molar-refractivity contribution in [3.8, 4) is 0 Å². The van der Waals surface area contributed by atoms with E-state index in [-0.39, 0.29) is 65.7 Å². The van der Waals surface area contributed by atoms with Crippen LogP contribution in [0.5, 0.6) is 0 Å². The van der Waals surface area contributed by atoms with Gasteiger partial charge in [-0.05, 0) is 6.92 Å². The number of carboxylic acids is 1. The molecule has 1 atom stereocenters. The van der Waals surface area contributed by atoms with Crippen molar-refractivity contribution in [1.82, 2.24) is 0 Å². The van der Waals surface area contributed by atoms with E-state index in [1.54, 1.807) is 0 Å². The van der Waals surface area contributed by atoms with Gasteiger partial charge in [-0.25, -0.2) is 4.79 Å². The van der Waals surface area contributed by atoms with E-state index in [1.807, 2.05) is 0 Å². The summed E-state index contributed by atoms with van der Waals surface area (Å²) in [6.07, 6.45) is -1.09. The molecule has 8 nitrogen and oxygen atoms in total. The third kappa shape index (κ3) is 10.4. The molecule has 0 radical (unpaired) electrons. The zero-order chi connectivity index (χ0) is 12.1. The van der Waals surface area contributed by atoms with Crippen LogP contribution >= 0.6 is 0 Å². The summed E-state index contributed by atoms with van der Waals surface area (Å²) >= 11 is 0. The molecule has 0 aliphatic carbocycles. The maximum absolute atomic E-state index is 10.9. The second-order valence-electron chi connectivity index (χ2n) is 2.41. The number of aliphatic carboxylic acids is 1. The predicted molar refractivity (Wildman–Crippen MR) is 59.6 cm³/mol. The summed E-state index contributed by atoms with van der Waals surface area (Å²) < 4.78 is 29.8. The van der Waals surface area contributed by atoms with Crippen LogP contribution in [0.3, 0.4) is 0 Å². The SMILES string of the molecule is CCOOC(=O)C(CC(=O)O)S(=O)(=O)O.[NaH].[NaH]. The number of hydrogen-bond acceptors (Lipinski definition) is 6. The quantitative estimate of drug-likeness (QED) is 0.247. The second kappa shape index (κ2) is 10.7. The van der Waals surface area contributed by atoms with Crippen LogP contribution < -0.4 is 0 Å². The van der Waals surface area contributed by atoms with Crippen molar-refractivity contribution in [2.24, 2.45) is 0 Å². The van der Waals surface area contributed by atoms with Gasteiger partial charge in [-0.3, -0.25) is 14.2 Å². The zero-order valence-corrected chi connectivity index (χ0v) is 8.56. The molecule has 11 heteroatoms. The van der Waals surface area contributed by atoms with Gasteiger partial charge in [0.05, 0.1) is 13.0 Å². The van der Waals surface area contributed by atoms with Gasteiger partial charge in [0.1, 0.15) is 0 Å². The average molecular weight is 290 g/mol. The molecule has 0 saturated heterocycles. The van der Waals surface area contributed by atoms with Crippen molar-refractivity contribution in [3.63, 3.8) is 0 Å². The first kappa shape index (κ1) is 22.9. The summed E-state index contributed by atoms with van der Waals surface area (Å²) in [5.41, 5.74) is 0. The van der Waals surface area contributed by atoms with Crippen molar-refractivity contribution in [2.45, 2.75) is 18.6 Å². The molecule has 0 bridgehead atoms. The minimum atomic E-state index is -4.83. The van der Waals surface area contributed by atoms with E-state index in [4.69, 9.17) is 9.66 Å². The molecule has 92 valence electrons. The van der Waals surface area contributed by atoms with Crippen LogP contribution in [0.25, 0.3) is 0 Å². The first-order valence-electron chi connectivity index (χ1n) is 3.80. The Morgan fingerprint density at radius 1 is 1.29 bits per heavy atom.